The summed E-state index contributed by atoms with van der Waals surface area (Å²) in [5.74, 6) is -1.73. The van der Waals surface area contributed by atoms with Crippen molar-refractivity contribution in [3.8, 4) is 5.75 Å². The molecule has 2 aromatic rings. The highest BCUT2D eigenvalue weighted by Gasteiger charge is 2.37. The minimum Gasteiger partial charge on any atom is -0.482 e. The Hall–Kier alpha value is -3.36. The van der Waals surface area contributed by atoms with Crippen LogP contribution in [0.5, 0.6) is 5.75 Å². The van der Waals surface area contributed by atoms with Crippen LogP contribution in [0.2, 0.25) is 10.0 Å². The largest absolute Gasteiger partial charge is 0.482 e. The van der Waals surface area contributed by atoms with Gasteiger partial charge >= 0.3 is 12.0 Å². The Labute approximate surface area is 193 Å². The van der Waals surface area contributed by atoms with Crippen molar-refractivity contribution >= 4 is 58.8 Å². The number of halogens is 2. The molecule has 0 atom stereocenters. The molecule has 1 fully saturated rings. The lowest BCUT2D eigenvalue weighted by atomic mass is 10.1. The van der Waals surface area contributed by atoms with Gasteiger partial charge in [0.1, 0.15) is 11.3 Å². The lowest BCUT2D eigenvalue weighted by Gasteiger charge is -2.26. The van der Waals surface area contributed by atoms with Crippen molar-refractivity contribution in [1.29, 1.82) is 0 Å². The summed E-state index contributed by atoms with van der Waals surface area (Å²) >= 11 is 11.9. The Balaban J connectivity index is 1.78. The molecule has 1 aliphatic heterocycles. The first-order chi connectivity index (χ1) is 15.2. The lowest BCUT2D eigenvalue weighted by Crippen LogP contribution is -2.54. The summed E-state index contributed by atoms with van der Waals surface area (Å²) in [7, 11) is 0. The van der Waals surface area contributed by atoms with Gasteiger partial charge in [-0.25, -0.2) is 14.5 Å². The van der Waals surface area contributed by atoms with E-state index >= 15 is 0 Å². The number of nitrogens with zero attached hydrogens (tertiary/aromatic N) is 1. The average molecular weight is 477 g/mol. The molecule has 0 radical (unpaired) electrons. The van der Waals surface area contributed by atoms with Gasteiger partial charge < -0.3 is 9.47 Å². The number of esters is 1. The molecule has 1 aliphatic rings. The molecule has 1 saturated heterocycles. The molecule has 3 rings (SSSR count). The molecule has 0 spiro atoms. The summed E-state index contributed by atoms with van der Waals surface area (Å²) in [6.07, 6.45) is 1.10. The topological polar surface area (TPSA) is 102 Å². The fourth-order valence-corrected chi connectivity index (χ4v) is 3.07. The van der Waals surface area contributed by atoms with Crippen LogP contribution >= 0.6 is 23.2 Å². The number of urea groups is 1. The predicted octanol–water partition coefficient (Wildman–Crippen LogP) is 3.99. The zero-order valence-electron chi connectivity index (χ0n) is 17.1. The minimum atomic E-state index is -0.896. The number of benzene rings is 2. The van der Waals surface area contributed by atoms with Gasteiger partial charge in [0.15, 0.2) is 6.61 Å². The Bertz CT molecular complexity index is 1110. The van der Waals surface area contributed by atoms with Crippen LogP contribution in [0.25, 0.3) is 6.08 Å². The highest BCUT2D eigenvalue weighted by molar-refractivity contribution is 6.43. The van der Waals surface area contributed by atoms with Crippen LogP contribution in [-0.4, -0.2) is 36.5 Å². The maximum Gasteiger partial charge on any atom is 0.344 e. The SMILES string of the molecule is CC(C)OC(=O)COc1ccc(/C=C2\C(=O)NC(=O)N(c3ccc(Cl)c(Cl)c3)C2=O)cc1. The fraction of sp³-hybridized carbons (Fsp3) is 0.182. The number of hydrogen-bond donors (Lipinski definition) is 1. The lowest BCUT2D eigenvalue weighted by molar-refractivity contribution is -0.149. The smallest absolute Gasteiger partial charge is 0.344 e. The van der Waals surface area contributed by atoms with Crippen LogP contribution in [0.4, 0.5) is 10.5 Å². The Morgan fingerprint density at radius 3 is 2.38 bits per heavy atom. The molecular formula is C22H18Cl2N2O6. The van der Waals surface area contributed by atoms with Gasteiger partial charge in [0, 0.05) is 0 Å². The third kappa shape index (κ3) is 5.46. The number of rotatable bonds is 6. The number of anilines is 1. The normalized spacial score (nSPS) is 15.2. The second-order valence-corrected chi connectivity index (χ2v) is 7.77. The second-order valence-electron chi connectivity index (χ2n) is 6.95. The molecule has 32 heavy (non-hydrogen) atoms. The molecule has 8 nitrogen and oxygen atoms in total. The van der Waals surface area contributed by atoms with E-state index in [0.29, 0.717) is 11.3 Å². The van der Waals surface area contributed by atoms with Crippen molar-refractivity contribution in [1.82, 2.24) is 5.32 Å². The highest BCUT2D eigenvalue weighted by atomic mass is 35.5. The van der Waals surface area contributed by atoms with E-state index in [1.54, 1.807) is 38.1 Å². The standard InChI is InChI=1S/C22H18Cl2N2O6/c1-12(2)32-19(27)11-31-15-6-3-13(4-7-15)9-16-20(28)25-22(30)26(21(16)29)14-5-8-17(23)18(24)10-14/h3-10,12H,11H2,1-2H3,(H,25,28,30)/b16-9+. The molecule has 0 saturated carbocycles. The van der Waals surface area contributed by atoms with Crippen molar-refractivity contribution in [3.05, 3.63) is 63.6 Å². The summed E-state index contributed by atoms with van der Waals surface area (Å²) in [6.45, 7) is 3.22. The van der Waals surface area contributed by atoms with Gasteiger partial charge in [-0.1, -0.05) is 35.3 Å². The summed E-state index contributed by atoms with van der Waals surface area (Å²) in [5, 5.41) is 2.54. The Morgan fingerprint density at radius 2 is 1.75 bits per heavy atom. The third-order valence-electron chi connectivity index (χ3n) is 4.18. The molecule has 0 aromatic heterocycles. The summed E-state index contributed by atoms with van der Waals surface area (Å²) in [5.41, 5.74) is 0.422. The van der Waals surface area contributed by atoms with Gasteiger partial charge in [0.2, 0.25) is 0 Å². The van der Waals surface area contributed by atoms with Gasteiger partial charge in [-0.3, -0.25) is 14.9 Å². The third-order valence-corrected chi connectivity index (χ3v) is 4.92. The quantitative estimate of drug-likeness (QED) is 0.384. The first-order valence-electron chi connectivity index (χ1n) is 9.44. The first-order valence-corrected chi connectivity index (χ1v) is 10.2. The van der Waals surface area contributed by atoms with Crippen LogP contribution < -0.4 is 15.0 Å². The van der Waals surface area contributed by atoms with E-state index in [4.69, 9.17) is 32.7 Å². The molecular weight excluding hydrogens is 459 g/mol. The predicted molar refractivity (Wildman–Crippen MR) is 119 cm³/mol. The number of amides is 4. The van der Waals surface area contributed by atoms with E-state index < -0.39 is 23.8 Å². The Kier molecular flexibility index (Phi) is 7.17. The van der Waals surface area contributed by atoms with E-state index in [1.165, 1.54) is 24.3 Å². The number of carbonyl (C=O) groups excluding carboxylic acids is 4. The van der Waals surface area contributed by atoms with Gasteiger partial charge in [-0.05, 0) is 55.8 Å². The van der Waals surface area contributed by atoms with E-state index in [1.807, 2.05) is 0 Å². The van der Waals surface area contributed by atoms with E-state index in [2.05, 4.69) is 5.32 Å². The number of imide groups is 2. The van der Waals surface area contributed by atoms with Crippen molar-refractivity contribution in [2.75, 3.05) is 11.5 Å². The van der Waals surface area contributed by atoms with Gasteiger partial charge in [0.05, 0.1) is 21.8 Å². The molecule has 0 unspecified atom stereocenters. The Morgan fingerprint density at radius 1 is 1.06 bits per heavy atom. The molecule has 1 N–H and O–H groups in total. The molecule has 10 heteroatoms. The van der Waals surface area contributed by atoms with Crippen molar-refractivity contribution in [2.24, 2.45) is 0 Å². The van der Waals surface area contributed by atoms with E-state index in [0.717, 1.165) is 4.90 Å². The van der Waals surface area contributed by atoms with Crippen LogP contribution in [0, 0.1) is 0 Å². The number of hydrogen-bond acceptors (Lipinski definition) is 6. The summed E-state index contributed by atoms with van der Waals surface area (Å²) < 4.78 is 10.3. The summed E-state index contributed by atoms with van der Waals surface area (Å²) in [6, 6.07) is 9.67. The fourth-order valence-electron chi connectivity index (χ4n) is 2.78. The minimum absolute atomic E-state index is 0.153. The zero-order chi connectivity index (χ0) is 23.4. The average Bonchev–Trinajstić information content (AvgIpc) is 2.72. The highest BCUT2D eigenvalue weighted by Crippen LogP contribution is 2.29. The monoisotopic (exact) mass is 476 g/mol. The number of carbonyl (C=O) groups is 4. The molecule has 166 valence electrons. The second kappa shape index (κ2) is 9.84. The van der Waals surface area contributed by atoms with Gasteiger partial charge in [-0.15, -0.1) is 0 Å². The molecule has 0 aliphatic carbocycles. The first kappa shape index (κ1) is 23.3. The van der Waals surface area contributed by atoms with Gasteiger partial charge in [0.25, 0.3) is 11.8 Å². The maximum atomic E-state index is 12.9. The molecule has 0 bridgehead atoms. The number of barbiturate groups is 1. The molecule has 4 amide bonds. The van der Waals surface area contributed by atoms with Crippen LogP contribution in [0.1, 0.15) is 19.4 Å². The van der Waals surface area contributed by atoms with E-state index in [-0.39, 0.29) is 34.0 Å². The van der Waals surface area contributed by atoms with Crippen molar-refractivity contribution in [3.63, 3.8) is 0 Å². The summed E-state index contributed by atoms with van der Waals surface area (Å²) in [4.78, 5) is 49.8. The van der Waals surface area contributed by atoms with Crippen LogP contribution in [0.3, 0.4) is 0 Å². The number of ether oxygens (including phenoxy) is 2. The van der Waals surface area contributed by atoms with E-state index in [9.17, 15) is 19.2 Å². The van der Waals surface area contributed by atoms with Crippen LogP contribution in [0.15, 0.2) is 48.0 Å². The molecule has 2 aromatic carbocycles. The van der Waals surface area contributed by atoms with Gasteiger partial charge in [-0.2, -0.15) is 0 Å². The van der Waals surface area contributed by atoms with Crippen molar-refractivity contribution in [2.45, 2.75) is 20.0 Å². The number of nitrogens with one attached hydrogen (secondary N) is 1. The molecule has 1 heterocycles. The van der Waals surface area contributed by atoms with Crippen molar-refractivity contribution < 1.29 is 28.7 Å². The maximum absolute atomic E-state index is 12.9. The zero-order valence-corrected chi connectivity index (χ0v) is 18.6. The van der Waals surface area contributed by atoms with Crippen LogP contribution in [-0.2, 0) is 19.1 Å².